The van der Waals surface area contributed by atoms with E-state index in [0.29, 0.717) is 22.6 Å². The zero-order chi connectivity index (χ0) is 27.0. The molecule has 0 saturated carbocycles. The molecule has 15 heteroatoms. The van der Waals surface area contributed by atoms with Gasteiger partial charge in [-0.05, 0) is 19.1 Å². The molecule has 0 spiro atoms. The fourth-order valence-corrected chi connectivity index (χ4v) is 4.92. The first-order valence-corrected chi connectivity index (χ1v) is 12.4. The fourth-order valence-electron chi connectivity index (χ4n) is 3.97. The van der Waals surface area contributed by atoms with Gasteiger partial charge in [0.05, 0.1) is 38.3 Å². The summed E-state index contributed by atoms with van der Waals surface area (Å²) in [5.74, 6) is -0.0568. The van der Waals surface area contributed by atoms with Crippen LogP contribution in [0.1, 0.15) is 16.1 Å². The van der Waals surface area contributed by atoms with Crippen molar-refractivity contribution in [1.29, 1.82) is 0 Å². The highest BCUT2D eigenvalue weighted by Gasteiger charge is 2.46. The number of ether oxygens (including phenoxy) is 2. The maximum Gasteiger partial charge on any atom is 0.411 e. The van der Waals surface area contributed by atoms with Crippen LogP contribution in [0.2, 0.25) is 5.15 Å². The summed E-state index contributed by atoms with van der Waals surface area (Å²) in [5.41, 5.74) is 2.13. The summed E-state index contributed by atoms with van der Waals surface area (Å²) in [4.78, 5) is 35.7. The average molecular weight is 566 g/mol. The van der Waals surface area contributed by atoms with Crippen LogP contribution in [0, 0.1) is 6.92 Å². The van der Waals surface area contributed by atoms with Crippen LogP contribution in [0.4, 0.5) is 24.1 Å². The van der Waals surface area contributed by atoms with Gasteiger partial charge >= 0.3 is 6.18 Å². The van der Waals surface area contributed by atoms with Gasteiger partial charge in [0.2, 0.25) is 0 Å². The first-order chi connectivity index (χ1) is 18.1. The van der Waals surface area contributed by atoms with Crippen molar-refractivity contribution in [2.24, 2.45) is 0 Å². The number of carbonyl (C=O) groups is 1. The normalized spacial score (nSPS) is 16.1. The molecule has 1 fully saturated rings. The first kappa shape index (κ1) is 26.0. The number of halogens is 4. The number of thiazole rings is 1. The van der Waals surface area contributed by atoms with Crippen LogP contribution >= 0.6 is 22.9 Å². The third-order valence-corrected chi connectivity index (χ3v) is 6.82. The SMILES string of the molecule is COc1cnc(Cl)cc1-c1cc(C)ncc1C(=O)Nc1nc2ncc(N3CCOC[C@@H]3C(F)(F)F)nc2s1. The molecule has 0 aromatic carbocycles. The van der Waals surface area contributed by atoms with E-state index in [0.717, 1.165) is 16.2 Å². The molecule has 198 valence electrons. The van der Waals surface area contributed by atoms with Crippen LogP contribution < -0.4 is 15.0 Å². The van der Waals surface area contributed by atoms with Crippen molar-refractivity contribution in [3.63, 3.8) is 0 Å². The van der Waals surface area contributed by atoms with Gasteiger partial charge in [-0.3, -0.25) is 15.1 Å². The number of methoxy groups -OCH3 is 1. The van der Waals surface area contributed by atoms with Crippen molar-refractivity contribution >= 4 is 50.3 Å². The van der Waals surface area contributed by atoms with Gasteiger partial charge in [-0.2, -0.15) is 18.2 Å². The highest BCUT2D eigenvalue weighted by molar-refractivity contribution is 7.21. The number of hydrogen-bond acceptors (Lipinski definition) is 10. The van der Waals surface area contributed by atoms with Gasteiger partial charge in [-0.15, -0.1) is 0 Å². The monoisotopic (exact) mass is 565 g/mol. The Bertz CT molecular complexity index is 1520. The number of nitrogens with zero attached hydrogens (tertiary/aromatic N) is 6. The number of carbonyl (C=O) groups excluding carboxylic acids is 1. The number of rotatable bonds is 5. The molecule has 1 aliphatic rings. The van der Waals surface area contributed by atoms with E-state index in [2.05, 4.69) is 30.2 Å². The lowest BCUT2D eigenvalue weighted by atomic mass is 10.0. The Morgan fingerprint density at radius 2 is 2.00 bits per heavy atom. The minimum Gasteiger partial charge on any atom is -0.494 e. The van der Waals surface area contributed by atoms with Crippen molar-refractivity contribution in [1.82, 2.24) is 24.9 Å². The van der Waals surface area contributed by atoms with Gasteiger partial charge in [0.25, 0.3) is 5.91 Å². The molecule has 0 bridgehead atoms. The summed E-state index contributed by atoms with van der Waals surface area (Å²) in [5, 5.41) is 3.09. The number of pyridine rings is 2. The molecule has 4 aromatic rings. The lowest BCUT2D eigenvalue weighted by Gasteiger charge is -2.37. The third kappa shape index (κ3) is 5.19. The molecule has 1 saturated heterocycles. The van der Waals surface area contributed by atoms with Crippen LogP contribution in [-0.2, 0) is 4.74 Å². The fraction of sp³-hybridized carbons (Fsp3) is 0.304. The van der Waals surface area contributed by atoms with E-state index < -0.39 is 24.7 Å². The molecule has 1 aliphatic heterocycles. The van der Waals surface area contributed by atoms with E-state index in [1.807, 2.05) is 0 Å². The standard InChI is InChI=1S/C23H19ClF3N7O3S/c1-11-5-12(13-6-17(24)29-8-15(13)36-2)14(7-28-11)20(35)33-22-32-19-21(38-22)31-18(9-30-19)34-3-4-37-10-16(34)23(25,26)27/h5-9,16H,3-4,10H2,1-2H3,(H,30,32,33,35)/t16-/m1/s1. The topological polar surface area (TPSA) is 115 Å². The molecule has 0 radical (unpaired) electrons. The van der Waals surface area contributed by atoms with Crippen LogP contribution in [0.5, 0.6) is 5.75 Å². The number of anilines is 2. The minimum absolute atomic E-state index is 0.0123. The Morgan fingerprint density at radius 1 is 1.18 bits per heavy atom. The van der Waals surface area contributed by atoms with Gasteiger partial charge in [0, 0.05) is 29.6 Å². The number of alkyl halides is 3. The summed E-state index contributed by atoms with van der Waals surface area (Å²) in [6.07, 6.45) is -0.384. The molecule has 5 rings (SSSR count). The van der Waals surface area contributed by atoms with Crippen molar-refractivity contribution in [3.8, 4) is 16.9 Å². The van der Waals surface area contributed by atoms with E-state index in [1.54, 1.807) is 19.1 Å². The highest BCUT2D eigenvalue weighted by Crippen LogP contribution is 2.35. The molecule has 10 nitrogen and oxygen atoms in total. The molecule has 0 aliphatic carbocycles. The molecule has 1 N–H and O–H groups in total. The van der Waals surface area contributed by atoms with E-state index in [9.17, 15) is 18.0 Å². The molecule has 4 aromatic heterocycles. The molecule has 0 unspecified atom stereocenters. The van der Waals surface area contributed by atoms with Gasteiger partial charge < -0.3 is 14.4 Å². The molecular weight excluding hydrogens is 547 g/mol. The van der Waals surface area contributed by atoms with Crippen LogP contribution in [0.15, 0.2) is 30.7 Å². The predicted octanol–water partition coefficient (Wildman–Crippen LogP) is 4.53. The minimum atomic E-state index is -4.49. The zero-order valence-electron chi connectivity index (χ0n) is 19.9. The second-order valence-electron chi connectivity index (χ2n) is 8.23. The maximum atomic E-state index is 13.5. The highest BCUT2D eigenvalue weighted by atomic mass is 35.5. The van der Waals surface area contributed by atoms with Gasteiger partial charge in [0.15, 0.2) is 15.6 Å². The van der Waals surface area contributed by atoms with Crippen molar-refractivity contribution in [2.75, 3.05) is 37.1 Å². The second-order valence-corrected chi connectivity index (χ2v) is 9.60. The number of morpholine rings is 1. The molecule has 1 atom stereocenters. The summed E-state index contributed by atoms with van der Waals surface area (Å²) in [6.45, 7) is 1.43. The Kier molecular flexibility index (Phi) is 7.03. The summed E-state index contributed by atoms with van der Waals surface area (Å²) in [7, 11) is 1.48. The predicted molar refractivity (Wildman–Crippen MR) is 135 cm³/mol. The summed E-state index contributed by atoms with van der Waals surface area (Å²) < 4.78 is 50.9. The Labute approximate surface area is 222 Å². The molecule has 5 heterocycles. The lowest BCUT2D eigenvalue weighted by Crippen LogP contribution is -2.53. The zero-order valence-corrected chi connectivity index (χ0v) is 21.5. The van der Waals surface area contributed by atoms with Gasteiger partial charge in [-0.25, -0.2) is 15.0 Å². The van der Waals surface area contributed by atoms with E-state index in [4.69, 9.17) is 21.1 Å². The molecule has 38 heavy (non-hydrogen) atoms. The van der Waals surface area contributed by atoms with Crippen LogP contribution in [-0.4, -0.2) is 69.9 Å². The summed E-state index contributed by atoms with van der Waals surface area (Å²) in [6, 6.07) is 1.47. The van der Waals surface area contributed by atoms with Crippen LogP contribution in [0.3, 0.4) is 0 Å². The van der Waals surface area contributed by atoms with E-state index in [-0.39, 0.29) is 45.3 Å². The first-order valence-electron chi connectivity index (χ1n) is 11.2. The molecule has 1 amide bonds. The Hall–Kier alpha value is -3.62. The number of aryl methyl sites for hydroxylation is 1. The number of fused-ring (bicyclic) bond motifs is 1. The largest absolute Gasteiger partial charge is 0.494 e. The average Bonchev–Trinajstić information content (AvgIpc) is 3.29. The maximum absolute atomic E-state index is 13.5. The smallest absolute Gasteiger partial charge is 0.411 e. The Morgan fingerprint density at radius 3 is 2.76 bits per heavy atom. The molecular formula is C23H19ClF3N7O3S. The summed E-state index contributed by atoms with van der Waals surface area (Å²) >= 11 is 7.09. The quantitative estimate of drug-likeness (QED) is 0.348. The van der Waals surface area contributed by atoms with E-state index >= 15 is 0 Å². The van der Waals surface area contributed by atoms with Gasteiger partial charge in [-0.1, -0.05) is 22.9 Å². The van der Waals surface area contributed by atoms with Crippen molar-refractivity contribution in [2.45, 2.75) is 19.1 Å². The second kappa shape index (κ2) is 10.3. The number of aromatic nitrogens is 5. The van der Waals surface area contributed by atoms with E-state index in [1.165, 1.54) is 25.7 Å². The van der Waals surface area contributed by atoms with Crippen molar-refractivity contribution in [3.05, 3.63) is 47.1 Å². The lowest BCUT2D eigenvalue weighted by molar-refractivity contribution is -0.167. The third-order valence-electron chi connectivity index (χ3n) is 5.76. The number of nitrogens with one attached hydrogen (secondary N) is 1. The van der Waals surface area contributed by atoms with Crippen LogP contribution in [0.25, 0.3) is 21.6 Å². The number of hydrogen-bond donors (Lipinski definition) is 1. The Balaban J connectivity index is 1.45. The van der Waals surface area contributed by atoms with Crippen molar-refractivity contribution < 1.29 is 27.4 Å². The number of amides is 1. The van der Waals surface area contributed by atoms with Gasteiger partial charge in [0.1, 0.15) is 22.8 Å².